The number of aliphatic hydroxyl groups excluding tert-OH is 1. The van der Waals surface area contributed by atoms with Crippen LogP contribution in [-0.4, -0.2) is 65.3 Å². The third-order valence-electron chi connectivity index (χ3n) is 14.2. The maximum absolute atomic E-state index is 15.4. The van der Waals surface area contributed by atoms with Gasteiger partial charge in [0.25, 0.3) is 5.91 Å². The quantitative estimate of drug-likeness (QED) is 0.0259. The van der Waals surface area contributed by atoms with E-state index in [9.17, 15) is 29.4 Å². The number of fused-ring (bicyclic) bond motifs is 7. The number of esters is 2. The van der Waals surface area contributed by atoms with E-state index in [0.29, 0.717) is 71.9 Å². The predicted octanol–water partition coefficient (Wildman–Crippen LogP) is 10.9. The number of unbranched alkanes of at least 4 members (excludes halogenated alkanes) is 5. The van der Waals surface area contributed by atoms with E-state index in [1.54, 1.807) is 72.3 Å². The fourth-order valence-electron chi connectivity index (χ4n) is 10.2. The van der Waals surface area contributed by atoms with Crippen molar-refractivity contribution in [3.8, 4) is 45.8 Å². The summed E-state index contributed by atoms with van der Waals surface area (Å²) in [5.41, 5.74) is 4.07. The third kappa shape index (κ3) is 10.3. The van der Waals surface area contributed by atoms with Crippen LogP contribution in [0.15, 0.2) is 109 Å². The molecule has 4 heterocycles. The van der Waals surface area contributed by atoms with Crippen molar-refractivity contribution in [1.29, 1.82) is 0 Å². The first-order chi connectivity index (χ1) is 37.7. The lowest BCUT2D eigenvalue weighted by atomic mass is 9.76. The number of halogens is 3. The van der Waals surface area contributed by atoms with Crippen LogP contribution in [0.5, 0.6) is 34.5 Å². The molecule has 2 unspecified atom stereocenters. The van der Waals surface area contributed by atoms with Gasteiger partial charge in [-0.15, -0.1) is 0 Å². The van der Waals surface area contributed by atoms with Crippen LogP contribution in [0.4, 0.5) is 10.2 Å². The number of phenols is 1. The Labute approximate surface area is 458 Å². The van der Waals surface area contributed by atoms with Gasteiger partial charge in [0.2, 0.25) is 0 Å². The summed E-state index contributed by atoms with van der Waals surface area (Å²) in [5.74, 6) is -1.58. The van der Waals surface area contributed by atoms with Crippen LogP contribution in [0.3, 0.4) is 0 Å². The average Bonchev–Trinajstić information content (AvgIpc) is 3.07. The smallest absolute Gasteiger partial charge is 0.359 e. The number of aliphatic hydroxyl groups is 1. The molecule has 3 aliphatic heterocycles. The van der Waals surface area contributed by atoms with E-state index < -0.39 is 36.0 Å². The lowest BCUT2D eigenvalue weighted by Gasteiger charge is -2.38. The number of nitrogens with zero attached hydrogens (tertiary/aromatic N) is 2. The highest BCUT2D eigenvalue weighted by molar-refractivity contribution is 6.35. The number of carbonyl (C=O) groups is 4. The number of hydrogen-bond donors (Lipinski definition) is 4. The maximum atomic E-state index is 15.4. The zero-order chi connectivity index (χ0) is 54.8. The molecule has 15 nitrogen and oxygen atoms in total. The Bertz CT molecular complexity index is 3530. The van der Waals surface area contributed by atoms with E-state index in [1.807, 2.05) is 30.3 Å². The van der Waals surface area contributed by atoms with Gasteiger partial charge in [-0.05, 0) is 109 Å². The Hall–Kier alpha value is -8.05. The second-order valence-electron chi connectivity index (χ2n) is 19.4. The van der Waals surface area contributed by atoms with Crippen LogP contribution in [0.25, 0.3) is 11.3 Å². The molecule has 4 N–H and O–H groups in total. The topological polar surface area (TPSA) is 196 Å². The molecule has 2 atom stereocenters. The van der Waals surface area contributed by atoms with E-state index in [4.69, 9.17) is 51.9 Å². The van der Waals surface area contributed by atoms with Crippen molar-refractivity contribution < 1.29 is 62.0 Å². The minimum atomic E-state index is -1.79. The van der Waals surface area contributed by atoms with Crippen LogP contribution in [0, 0.1) is 12.7 Å². The molecule has 10 rings (SSSR count). The Balaban J connectivity index is 0.717. The minimum Gasteiger partial charge on any atom is -0.508 e. The van der Waals surface area contributed by atoms with E-state index in [-0.39, 0.29) is 85.0 Å². The van der Waals surface area contributed by atoms with Crippen molar-refractivity contribution in [3.05, 3.63) is 181 Å². The zero-order valence-corrected chi connectivity index (χ0v) is 44.4. The molecule has 400 valence electrons. The summed E-state index contributed by atoms with van der Waals surface area (Å²) in [6, 6.07) is 28.4. The number of rotatable bonds is 19. The highest BCUT2D eigenvalue weighted by atomic mass is 35.5. The van der Waals surface area contributed by atoms with Gasteiger partial charge in [0, 0.05) is 48.6 Å². The number of aromatic nitrogens is 2. The second-order valence-corrected chi connectivity index (χ2v) is 20.1. The van der Waals surface area contributed by atoms with E-state index in [2.05, 4.69) is 10.6 Å². The van der Waals surface area contributed by atoms with Crippen molar-refractivity contribution in [2.45, 2.75) is 83.5 Å². The molecule has 0 radical (unpaired) electrons. The molecule has 0 saturated carbocycles. The SMILES string of the molecule is COc1cc2c(c(Cl)c1OC(C)=O)Oc1c(cc(CO)c(C)c1Cl)C21OC(=O)c2ccc(C(=O)NCCCCCCCCOc3ccc(CC4Nc5c(Cc6ccccc6)nc(-c6ccc(O)cc6)c[n+]5C4=O)cc3F)cc21. The monoisotopic (exact) mass is 1100 g/mol. The summed E-state index contributed by atoms with van der Waals surface area (Å²) in [4.78, 5) is 58.4. The molecule has 6 aromatic carbocycles. The molecule has 18 heteroatoms. The maximum Gasteiger partial charge on any atom is 0.359 e. The molecule has 78 heavy (non-hydrogen) atoms. The molecule has 1 spiro atoms. The Kier molecular flexibility index (Phi) is 15.4. The van der Waals surface area contributed by atoms with Crippen LogP contribution >= 0.6 is 23.2 Å². The predicted molar refractivity (Wildman–Crippen MR) is 288 cm³/mol. The van der Waals surface area contributed by atoms with Gasteiger partial charge in [-0.2, -0.15) is 4.57 Å². The van der Waals surface area contributed by atoms with Crippen molar-refractivity contribution in [3.63, 3.8) is 0 Å². The van der Waals surface area contributed by atoms with Crippen molar-refractivity contribution in [1.82, 2.24) is 10.3 Å². The average molecular weight is 1100 g/mol. The lowest BCUT2D eigenvalue weighted by Crippen LogP contribution is -2.44. The van der Waals surface area contributed by atoms with Gasteiger partial charge in [0.05, 0.1) is 36.5 Å². The van der Waals surface area contributed by atoms with Gasteiger partial charge >= 0.3 is 23.7 Å². The summed E-state index contributed by atoms with van der Waals surface area (Å²) < 4.78 is 46.5. The fraction of sp³-hybridized carbons (Fsp3) is 0.267. The first-order valence-electron chi connectivity index (χ1n) is 25.6. The Morgan fingerprint density at radius 1 is 0.859 bits per heavy atom. The number of benzene rings is 6. The summed E-state index contributed by atoms with van der Waals surface area (Å²) in [6.45, 7) is 3.23. The molecule has 0 fully saturated rings. The van der Waals surface area contributed by atoms with E-state index in [0.717, 1.165) is 36.8 Å². The van der Waals surface area contributed by atoms with Crippen LogP contribution in [-0.2, 0) is 34.6 Å². The third-order valence-corrected chi connectivity index (χ3v) is 15.0. The summed E-state index contributed by atoms with van der Waals surface area (Å²) >= 11 is 13.8. The number of anilines is 1. The number of ether oxygens (including phenoxy) is 5. The number of nitrogens with one attached hydrogen (secondary N) is 2. The Morgan fingerprint density at radius 2 is 1.59 bits per heavy atom. The molecule has 0 bridgehead atoms. The molecule has 0 saturated heterocycles. The van der Waals surface area contributed by atoms with Crippen molar-refractivity contribution in [2.24, 2.45) is 0 Å². The van der Waals surface area contributed by atoms with E-state index in [1.165, 1.54) is 32.2 Å². The molecular formula is C60H54Cl2FN4O11+. The highest BCUT2D eigenvalue weighted by Gasteiger charge is 2.56. The first-order valence-corrected chi connectivity index (χ1v) is 26.3. The zero-order valence-electron chi connectivity index (χ0n) is 42.8. The largest absolute Gasteiger partial charge is 0.508 e. The van der Waals surface area contributed by atoms with Crippen molar-refractivity contribution in [2.75, 3.05) is 25.6 Å². The summed E-state index contributed by atoms with van der Waals surface area (Å²) in [6.07, 6.45) is 7.36. The lowest BCUT2D eigenvalue weighted by molar-refractivity contribution is -0.552. The number of aromatic hydroxyl groups is 1. The normalized spacial score (nSPS) is 15.6. The van der Waals surface area contributed by atoms with Gasteiger partial charge in [-0.25, -0.2) is 19.0 Å². The van der Waals surface area contributed by atoms with E-state index >= 15 is 4.39 Å². The van der Waals surface area contributed by atoms with Crippen LogP contribution in [0.2, 0.25) is 10.0 Å². The number of carbonyl (C=O) groups excluding carboxylic acids is 4. The second kappa shape index (κ2) is 22.5. The van der Waals surface area contributed by atoms with Crippen molar-refractivity contribution >= 4 is 52.8 Å². The Morgan fingerprint density at radius 3 is 2.32 bits per heavy atom. The van der Waals surface area contributed by atoms with Crippen LogP contribution < -0.4 is 34.1 Å². The molecule has 1 aromatic heterocycles. The molecule has 0 aliphatic carbocycles. The molecule has 7 aromatic rings. The fourth-order valence-corrected chi connectivity index (χ4v) is 10.8. The number of phenolic OH excluding ortho intramolecular Hbond substituents is 1. The number of hydrogen-bond acceptors (Lipinski definition) is 13. The molecular weight excluding hydrogens is 1040 g/mol. The van der Waals surface area contributed by atoms with Gasteiger partial charge < -0.3 is 39.2 Å². The van der Waals surface area contributed by atoms with Gasteiger partial charge in [0.15, 0.2) is 46.2 Å². The summed E-state index contributed by atoms with van der Waals surface area (Å²) in [5, 5.41) is 26.5. The summed E-state index contributed by atoms with van der Waals surface area (Å²) in [7, 11) is 1.36. The highest BCUT2D eigenvalue weighted by Crippen LogP contribution is 2.62. The molecule has 1 amide bonds. The standard InChI is InChI=1S/C60H53Cl2FN4O11/c1-33-39(32-68)29-43-53(51(33)61)77-54-44(30-50(74-3)55(52(54)62)76-34(2)69)60(43)42-28-38(18-21-41(42)59(73)78-60)57(71)64-23-11-6-4-5-7-12-24-75-49-22-15-36(25-45(49)63)27-47-58(72)67-31-48(37-16-19-40(70)20-17-37)65-46(56(67)66-47)26-35-13-9-8-10-14-35/h8-10,13-22,25,28-31,47,68H,4-7,11-12,23-24,26-27,32H2,1-3H3,(H2,64,70,71)/p+1. The first kappa shape index (κ1) is 53.4. The minimum absolute atomic E-state index is 0.0163. The molecule has 3 aliphatic rings. The number of methoxy groups -OCH3 is 1. The number of amides is 1. The van der Waals surface area contributed by atoms with Gasteiger partial charge in [-0.1, -0.05) is 85.3 Å². The van der Waals surface area contributed by atoms with Gasteiger partial charge in [0.1, 0.15) is 28.4 Å². The van der Waals surface area contributed by atoms with Gasteiger partial charge in [-0.3, -0.25) is 14.9 Å². The van der Waals surface area contributed by atoms with Crippen LogP contribution in [0.1, 0.15) is 116 Å².